The van der Waals surface area contributed by atoms with Crippen molar-refractivity contribution in [2.24, 2.45) is 0 Å². The van der Waals surface area contributed by atoms with Gasteiger partial charge in [-0.2, -0.15) is 0 Å². The van der Waals surface area contributed by atoms with Gasteiger partial charge in [-0.05, 0) is 23.6 Å². The van der Waals surface area contributed by atoms with Gasteiger partial charge in [0.1, 0.15) is 5.75 Å². The zero-order valence-corrected chi connectivity index (χ0v) is 14.7. The van der Waals surface area contributed by atoms with Crippen molar-refractivity contribution in [3.8, 4) is 5.75 Å². The van der Waals surface area contributed by atoms with E-state index in [1.54, 1.807) is 35.2 Å². The Balaban J connectivity index is 1.96. The molecule has 0 aromatic heterocycles. The van der Waals surface area contributed by atoms with E-state index in [1.165, 1.54) is 0 Å². The molecule has 0 saturated carbocycles. The molecular weight excluding hydrogens is 318 g/mol. The summed E-state index contributed by atoms with van der Waals surface area (Å²) >= 11 is 0. The van der Waals surface area contributed by atoms with Crippen LogP contribution in [0.25, 0.3) is 0 Å². The quantitative estimate of drug-likeness (QED) is 0.880. The van der Waals surface area contributed by atoms with Crippen LogP contribution in [-0.2, 0) is 11.4 Å². The molecule has 0 bridgehead atoms. The lowest BCUT2D eigenvalue weighted by Gasteiger charge is -2.28. The molecule has 130 valence electrons. The lowest BCUT2D eigenvalue weighted by molar-refractivity contribution is -0.224. The van der Waals surface area contributed by atoms with Gasteiger partial charge in [-0.25, -0.2) is 0 Å². The SMILES string of the molecule is CC(C)c1ccc2c(c1)OC1(O)c3cccc(N(C)C)c3C(=O)C21O. The van der Waals surface area contributed by atoms with E-state index in [-0.39, 0.29) is 5.92 Å². The number of benzene rings is 2. The Morgan fingerprint density at radius 1 is 1.08 bits per heavy atom. The number of rotatable bonds is 2. The van der Waals surface area contributed by atoms with Crippen molar-refractivity contribution in [3.63, 3.8) is 0 Å². The monoisotopic (exact) mass is 339 g/mol. The molecule has 1 aliphatic carbocycles. The molecule has 1 heterocycles. The lowest BCUT2D eigenvalue weighted by atomic mass is 9.86. The number of hydrogen-bond donors (Lipinski definition) is 2. The van der Waals surface area contributed by atoms with Crippen LogP contribution in [-0.4, -0.2) is 30.1 Å². The van der Waals surface area contributed by atoms with Crippen molar-refractivity contribution in [1.82, 2.24) is 0 Å². The van der Waals surface area contributed by atoms with Crippen molar-refractivity contribution in [2.75, 3.05) is 19.0 Å². The number of fused-ring (bicyclic) bond motifs is 5. The molecule has 2 unspecified atom stereocenters. The van der Waals surface area contributed by atoms with Crippen molar-refractivity contribution in [1.29, 1.82) is 0 Å². The fourth-order valence-electron chi connectivity index (χ4n) is 3.84. The summed E-state index contributed by atoms with van der Waals surface area (Å²) < 4.78 is 5.81. The van der Waals surface area contributed by atoms with E-state index >= 15 is 0 Å². The highest BCUT2D eigenvalue weighted by Crippen LogP contribution is 2.59. The summed E-state index contributed by atoms with van der Waals surface area (Å²) in [6.45, 7) is 4.09. The number of hydrogen-bond acceptors (Lipinski definition) is 5. The van der Waals surface area contributed by atoms with E-state index < -0.39 is 17.2 Å². The number of carbonyl (C=O) groups excluding carboxylic acids is 1. The summed E-state index contributed by atoms with van der Waals surface area (Å²) in [6.07, 6.45) is 0. The van der Waals surface area contributed by atoms with Crippen LogP contribution in [0.3, 0.4) is 0 Å². The third-order valence-electron chi connectivity index (χ3n) is 5.26. The highest BCUT2D eigenvalue weighted by atomic mass is 16.7. The van der Waals surface area contributed by atoms with Gasteiger partial charge in [-0.15, -0.1) is 0 Å². The largest absolute Gasteiger partial charge is 0.454 e. The van der Waals surface area contributed by atoms with Gasteiger partial charge < -0.3 is 19.8 Å². The van der Waals surface area contributed by atoms with Gasteiger partial charge in [0.15, 0.2) is 0 Å². The van der Waals surface area contributed by atoms with Gasteiger partial charge in [-0.3, -0.25) is 4.79 Å². The average molecular weight is 339 g/mol. The van der Waals surface area contributed by atoms with E-state index in [0.717, 1.165) is 5.56 Å². The molecule has 2 aliphatic rings. The normalized spacial score (nSPS) is 26.3. The van der Waals surface area contributed by atoms with Gasteiger partial charge in [-0.1, -0.05) is 38.1 Å². The predicted octanol–water partition coefficient (Wildman–Crippen LogP) is 2.50. The lowest BCUT2D eigenvalue weighted by Crippen LogP contribution is -2.48. The summed E-state index contributed by atoms with van der Waals surface area (Å²) in [7, 11) is 3.63. The highest BCUT2D eigenvalue weighted by molar-refractivity contribution is 6.13. The molecule has 0 fully saturated rings. The number of ketones is 1. The number of carbonyl (C=O) groups is 1. The van der Waals surface area contributed by atoms with E-state index in [1.807, 2.05) is 34.0 Å². The van der Waals surface area contributed by atoms with Crippen LogP contribution in [0, 0.1) is 0 Å². The first kappa shape index (κ1) is 16.1. The van der Waals surface area contributed by atoms with Gasteiger partial charge in [0, 0.05) is 30.9 Å². The van der Waals surface area contributed by atoms with Crippen LogP contribution in [0.15, 0.2) is 36.4 Å². The molecule has 0 radical (unpaired) electrons. The highest BCUT2D eigenvalue weighted by Gasteiger charge is 2.71. The van der Waals surface area contributed by atoms with Crippen LogP contribution >= 0.6 is 0 Å². The zero-order chi connectivity index (χ0) is 18.1. The molecule has 2 aromatic carbocycles. The fraction of sp³-hybridized carbons (Fsp3) is 0.350. The Kier molecular flexibility index (Phi) is 3.12. The molecule has 5 heteroatoms. The van der Waals surface area contributed by atoms with Gasteiger partial charge in [0.2, 0.25) is 11.4 Å². The Labute approximate surface area is 146 Å². The molecule has 2 atom stereocenters. The minimum atomic E-state index is -2.13. The fourth-order valence-corrected chi connectivity index (χ4v) is 3.84. The Morgan fingerprint density at radius 2 is 1.80 bits per heavy atom. The molecule has 0 amide bonds. The first-order valence-corrected chi connectivity index (χ1v) is 8.35. The number of anilines is 1. The summed E-state index contributed by atoms with van der Waals surface area (Å²) in [5, 5.41) is 22.6. The van der Waals surface area contributed by atoms with Gasteiger partial charge in [0.25, 0.3) is 5.79 Å². The number of ether oxygens (including phenoxy) is 1. The van der Waals surface area contributed by atoms with Crippen LogP contribution < -0.4 is 9.64 Å². The minimum absolute atomic E-state index is 0.266. The first-order chi connectivity index (χ1) is 11.7. The van der Waals surface area contributed by atoms with Crippen LogP contribution in [0.5, 0.6) is 5.75 Å². The van der Waals surface area contributed by atoms with Crippen molar-refractivity contribution >= 4 is 11.5 Å². The number of Topliss-reactive ketones (excluding diaryl/α,β-unsaturated/α-hetero) is 1. The zero-order valence-electron chi connectivity index (χ0n) is 14.7. The molecule has 2 N–H and O–H groups in total. The van der Waals surface area contributed by atoms with Crippen molar-refractivity contribution in [2.45, 2.75) is 31.2 Å². The maximum absolute atomic E-state index is 13.2. The van der Waals surface area contributed by atoms with Gasteiger partial charge >= 0.3 is 0 Å². The van der Waals surface area contributed by atoms with E-state index in [4.69, 9.17) is 4.74 Å². The molecule has 1 aliphatic heterocycles. The molecule has 0 saturated heterocycles. The third kappa shape index (κ3) is 1.77. The predicted molar refractivity (Wildman–Crippen MR) is 94.1 cm³/mol. The Morgan fingerprint density at radius 3 is 2.44 bits per heavy atom. The molecule has 5 nitrogen and oxygen atoms in total. The second-order valence-corrected chi connectivity index (χ2v) is 7.29. The first-order valence-electron chi connectivity index (χ1n) is 8.35. The van der Waals surface area contributed by atoms with Crippen LogP contribution in [0.1, 0.15) is 46.8 Å². The number of aliphatic hydroxyl groups is 2. The van der Waals surface area contributed by atoms with Crippen molar-refractivity contribution in [3.05, 3.63) is 58.7 Å². The molecule has 2 aromatic rings. The average Bonchev–Trinajstić information content (AvgIpc) is 2.90. The summed E-state index contributed by atoms with van der Waals surface area (Å²) in [4.78, 5) is 15.0. The molecule has 25 heavy (non-hydrogen) atoms. The third-order valence-corrected chi connectivity index (χ3v) is 5.26. The second-order valence-electron chi connectivity index (χ2n) is 7.29. The van der Waals surface area contributed by atoms with Crippen molar-refractivity contribution < 1.29 is 19.7 Å². The summed E-state index contributed by atoms with van der Waals surface area (Å²) in [6, 6.07) is 10.5. The molecular formula is C20H21NO4. The molecule has 4 rings (SSSR count). The van der Waals surface area contributed by atoms with Crippen LogP contribution in [0.2, 0.25) is 0 Å². The van der Waals surface area contributed by atoms with E-state index in [9.17, 15) is 15.0 Å². The Bertz CT molecular complexity index is 905. The molecule has 0 spiro atoms. The Hall–Kier alpha value is -2.37. The topological polar surface area (TPSA) is 70.0 Å². The van der Waals surface area contributed by atoms with Crippen LogP contribution in [0.4, 0.5) is 5.69 Å². The maximum atomic E-state index is 13.2. The smallest absolute Gasteiger partial charge is 0.276 e. The van der Waals surface area contributed by atoms with E-state index in [0.29, 0.717) is 28.1 Å². The van der Waals surface area contributed by atoms with Gasteiger partial charge in [0.05, 0.1) is 5.56 Å². The summed E-state index contributed by atoms with van der Waals surface area (Å²) in [5.41, 5.74) is 0.435. The second kappa shape index (κ2) is 4.84. The minimum Gasteiger partial charge on any atom is -0.454 e. The number of nitrogens with zero attached hydrogens (tertiary/aromatic N) is 1. The standard InChI is InChI=1S/C20H21NO4/c1-11(2)12-8-9-13-16(10-12)25-20(24)14-6-5-7-15(21(3)4)17(14)18(22)19(13,20)23/h5-11,23-24H,1-4H3. The summed E-state index contributed by atoms with van der Waals surface area (Å²) in [5.74, 6) is -2.03. The van der Waals surface area contributed by atoms with E-state index in [2.05, 4.69) is 0 Å². The maximum Gasteiger partial charge on any atom is 0.276 e.